The fourth-order valence-electron chi connectivity index (χ4n) is 8.13. The average Bonchev–Trinajstić information content (AvgIpc) is 3.57. The summed E-state index contributed by atoms with van der Waals surface area (Å²) in [5.74, 6) is 0.952. The number of alkyl carbamates (subject to hydrolysis) is 1. The minimum atomic E-state index is -1.02. The molecular formula is C50H57N3O6S. The minimum absolute atomic E-state index is 0.0405. The van der Waals surface area contributed by atoms with Crippen LogP contribution in [0.3, 0.4) is 0 Å². The first-order chi connectivity index (χ1) is 29.1. The number of benzene rings is 5. The maximum atomic E-state index is 14.2. The molecule has 0 aromatic heterocycles. The van der Waals surface area contributed by atoms with E-state index < -0.39 is 23.6 Å². The second-order valence-electron chi connectivity index (χ2n) is 16.4. The van der Waals surface area contributed by atoms with Crippen molar-refractivity contribution < 1.29 is 28.5 Å². The molecule has 2 aliphatic rings. The number of fused-ring (bicyclic) bond motifs is 5. The smallest absolute Gasteiger partial charge is 0.407 e. The van der Waals surface area contributed by atoms with E-state index in [2.05, 4.69) is 89.2 Å². The van der Waals surface area contributed by atoms with E-state index in [1.54, 1.807) is 26.0 Å². The van der Waals surface area contributed by atoms with Gasteiger partial charge in [-0.3, -0.25) is 4.79 Å². The van der Waals surface area contributed by atoms with Gasteiger partial charge in [0.05, 0.1) is 37.8 Å². The highest BCUT2D eigenvalue weighted by Gasteiger charge is 2.33. The van der Waals surface area contributed by atoms with Crippen molar-refractivity contribution in [1.82, 2.24) is 10.6 Å². The number of methoxy groups -OCH3 is 2. The Morgan fingerprint density at radius 2 is 1.53 bits per heavy atom. The van der Waals surface area contributed by atoms with E-state index in [0.717, 1.165) is 81.3 Å². The molecule has 0 saturated carbocycles. The Morgan fingerprint density at radius 3 is 2.20 bits per heavy atom. The van der Waals surface area contributed by atoms with Gasteiger partial charge in [0.1, 0.15) is 24.1 Å². The molecule has 0 saturated heterocycles. The van der Waals surface area contributed by atoms with Crippen LogP contribution in [0.15, 0.2) is 113 Å². The molecule has 0 radical (unpaired) electrons. The fourth-order valence-corrected chi connectivity index (χ4v) is 9.44. The van der Waals surface area contributed by atoms with Gasteiger partial charge in [-0.1, -0.05) is 117 Å². The van der Waals surface area contributed by atoms with Crippen LogP contribution in [0.25, 0.3) is 11.1 Å². The van der Waals surface area contributed by atoms with Gasteiger partial charge >= 0.3 is 6.09 Å². The Kier molecular flexibility index (Phi) is 13.7. The van der Waals surface area contributed by atoms with Gasteiger partial charge in [0.25, 0.3) is 0 Å². The monoisotopic (exact) mass is 827 g/mol. The second kappa shape index (κ2) is 19.3. The van der Waals surface area contributed by atoms with E-state index in [9.17, 15) is 9.59 Å². The maximum absolute atomic E-state index is 14.2. The zero-order valence-electron chi connectivity index (χ0n) is 35.6. The van der Waals surface area contributed by atoms with Crippen molar-refractivity contribution in [3.63, 3.8) is 0 Å². The first-order valence-corrected chi connectivity index (χ1v) is 21.8. The number of hydrogen-bond donors (Lipinski definition) is 2. The van der Waals surface area contributed by atoms with Gasteiger partial charge in [-0.05, 0) is 91.3 Å². The molecule has 0 spiro atoms. The van der Waals surface area contributed by atoms with Crippen LogP contribution in [0, 0.1) is 0 Å². The highest BCUT2D eigenvalue weighted by atomic mass is 32.2. The molecule has 314 valence electrons. The summed E-state index contributed by atoms with van der Waals surface area (Å²) in [6, 6.07) is 34.3. The molecule has 1 aliphatic carbocycles. The average molecular weight is 828 g/mol. The van der Waals surface area contributed by atoms with Crippen molar-refractivity contribution in [2.45, 2.75) is 93.7 Å². The number of nitrogens with one attached hydrogen (secondary N) is 2. The third kappa shape index (κ3) is 9.77. The lowest BCUT2D eigenvalue weighted by molar-refractivity contribution is -0.126. The van der Waals surface area contributed by atoms with Crippen LogP contribution in [0.4, 0.5) is 16.2 Å². The number of unbranched alkanes of at least 4 members (excludes halogenated alkanes) is 3. The normalized spacial score (nSPS) is 13.4. The van der Waals surface area contributed by atoms with Crippen LogP contribution in [0.2, 0.25) is 0 Å². The molecule has 9 nitrogen and oxygen atoms in total. The van der Waals surface area contributed by atoms with Crippen LogP contribution >= 0.6 is 11.8 Å². The molecule has 60 heavy (non-hydrogen) atoms. The number of hydrogen-bond acceptors (Lipinski definition) is 8. The molecule has 2 N–H and O–H groups in total. The van der Waals surface area contributed by atoms with Crippen molar-refractivity contribution in [2.75, 3.05) is 38.9 Å². The van der Waals surface area contributed by atoms with Crippen LogP contribution in [0.5, 0.6) is 11.5 Å². The van der Waals surface area contributed by atoms with Gasteiger partial charge in [-0.15, -0.1) is 0 Å². The number of nitrogens with zero attached hydrogens (tertiary/aromatic N) is 1. The number of rotatable bonds is 17. The molecule has 1 atom stereocenters. The summed E-state index contributed by atoms with van der Waals surface area (Å²) < 4.78 is 23.8. The Balaban J connectivity index is 1.13. The van der Waals surface area contributed by atoms with Crippen molar-refractivity contribution in [3.05, 3.63) is 131 Å². The second-order valence-corrected chi connectivity index (χ2v) is 17.4. The standard InChI is InChI=1S/C50H57N3O6S/c1-7-8-9-17-26-53-43-24-25-44(57-6)40(47(43)60-45-29-35(56-5)28-34(46(45)53)27-33-18-11-10-12-19-33)30-51-48(54)42(32-59-50(2,3)4)52-49(55)58-31-41-38-22-15-13-20-36(38)37-21-14-16-23-39(37)41/h10-16,18-25,28-29,41-42H,7-9,17,26-27,30-32H2,1-6H3,(H,51,54)(H,52,55)/t42-/m0/s1. The SMILES string of the molecule is CCCCCCN1c2ccc(OC)c(CNC(=O)[C@H](COC(C)(C)C)NC(=O)OCC3c4ccccc4-c4ccccc43)c2Sc2cc(OC)cc(Cc3ccccc3)c21. The van der Waals surface area contributed by atoms with E-state index >= 15 is 0 Å². The van der Waals surface area contributed by atoms with E-state index in [-0.39, 0.29) is 25.7 Å². The van der Waals surface area contributed by atoms with Crippen molar-refractivity contribution in [3.8, 4) is 22.6 Å². The van der Waals surface area contributed by atoms with E-state index in [1.807, 2.05) is 57.2 Å². The Bertz CT molecular complexity index is 2250. The third-order valence-electron chi connectivity index (χ3n) is 11.1. The molecular weight excluding hydrogens is 771 g/mol. The summed E-state index contributed by atoms with van der Waals surface area (Å²) in [5, 5.41) is 5.95. The Hall–Kier alpha value is -5.45. The van der Waals surface area contributed by atoms with Gasteiger partial charge in [-0.2, -0.15) is 0 Å². The van der Waals surface area contributed by atoms with Gasteiger partial charge in [0, 0.05) is 34.4 Å². The quantitative estimate of drug-likeness (QED) is 0.0895. The van der Waals surface area contributed by atoms with Crippen LogP contribution < -0.4 is 25.0 Å². The first kappa shape index (κ1) is 42.7. The predicted octanol–water partition coefficient (Wildman–Crippen LogP) is 10.8. The van der Waals surface area contributed by atoms with Crippen molar-refractivity contribution in [1.29, 1.82) is 0 Å². The lowest BCUT2D eigenvalue weighted by atomic mass is 9.98. The van der Waals surface area contributed by atoms with Crippen LogP contribution in [-0.2, 0) is 27.2 Å². The van der Waals surface area contributed by atoms with Crippen molar-refractivity contribution >= 4 is 35.1 Å². The Morgan fingerprint density at radius 1 is 0.833 bits per heavy atom. The van der Waals surface area contributed by atoms with Crippen LogP contribution in [0.1, 0.15) is 87.1 Å². The van der Waals surface area contributed by atoms with Crippen LogP contribution in [-0.4, -0.2) is 57.6 Å². The molecule has 0 unspecified atom stereocenters. The maximum Gasteiger partial charge on any atom is 0.407 e. The van der Waals surface area contributed by atoms with E-state index in [1.165, 1.54) is 23.2 Å². The zero-order valence-corrected chi connectivity index (χ0v) is 36.5. The summed E-state index contributed by atoms with van der Waals surface area (Å²) in [4.78, 5) is 32.2. The van der Waals surface area contributed by atoms with Gasteiger partial charge in [0.2, 0.25) is 5.91 Å². The third-order valence-corrected chi connectivity index (χ3v) is 12.3. The highest BCUT2D eigenvalue weighted by molar-refractivity contribution is 7.99. The molecule has 2 amide bonds. The summed E-state index contributed by atoms with van der Waals surface area (Å²) >= 11 is 1.67. The molecule has 5 aromatic rings. The Labute approximate surface area is 359 Å². The fraction of sp³-hybridized carbons (Fsp3) is 0.360. The summed E-state index contributed by atoms with van der Waals surface area (Å²) in [7, 11) is 3.36. The van der Waals surface area contributed by atoms with Gasteiger partial charge < -0.3 is 34.5 Å². The topological polar surface area (TPSA) is 98.4 Å². The largest absolute Gasteiger partial charge is 0.497 e. The number of amides is 2. The molecule has 1 heterocycles. The molecule has 1 aliphatic heterocycles. The number of ether oxygens (including phenoxy) is 4. The lowest BCUT2D eigenvalue weighted by Crippen LogP contribution is -2.50. The molecule has 10 heteroatoms. The number of carbonyl (C=O) groups excluding carboxylic acids is 2. The molecule has 0 fully saturated rings. The lowest BCUT2D eigenvalue weighted by Gasteiger charge is -2.36. The van der Waals surface area contributed by atoms with E-state index in [0.29, 0.717) is 5.75 Å². The van der Waals surface area contributed by atoms with E-state index in [4.69, 9.17) is 18.9 Å². The minimum Gasteiger partial charge on any atom is -0.497 e. The molecule has 5 aromatic carbocycles. The predicted molar refractivity (Wildman–Crippen MR) is 240 cm³/mol. The summed E-state index contributed by atoms with van der Waals surface area (Å²) in [6.07, 6.45) is 4.56. The van der Waals surface area contributed by atoms with Gasteiger partial charge in [0.15, 0.2) is 0 Å². The molecule has 0 bridgehead atoms. The van der Waals surface area contributed by atoms with Gasteiger partial charge in [-0.25, -0.2) is 4.79 Å². The summed E-state index contributed by atoms with van der Waals surface area (Å²) in [6.45, 7) is 9.07. The first-order valence-electron chi connectivity index (χ1n) is 21.0. The number of anilines is 2. The summed E-state index contributed by atoms with van der Waals surface area (Å²) in [5.41, 5.74) is 9.48. The van der Waals surface area contributed by atoms with Crippen molar-refractivity contribution in [2.24, 2.45) is 0 Å². The zero-order chi connectivity index (χ0) is 42.2. The highest BCUT2D eigenvalue weighted by Crippen LogP contribution is 2.54. The number of carbonyl (C=O) groups is 2. The molecule has 7 rings (SSSR count).